The molecule has 1 heterocycles. The van der Waals surface area contributed by atoms with Gasteiger partial charge in [-0.05, 0) is 46.5 Å². The second-order valence-corrected chi connectivity index (χ2v) is 8.04. The number of aromatic hydroxyl groups is 1. The van der Waals surface area contributed by atoms with Crippen molar-refractivity contribution in [1.82, 2.24) is 0 Å². The fourth-order valence-corrected chi connectivity index (χ4v) is 4.37. The van der Waals surface area contributed by atoms with E-state index in [1.165, 1.54) is 5.57 Å². The summed E-state index contributed by atoms with van der Waals surface area (Å²) in [5.74, 6) is -1.95. The lowest BCUT2D eigenvalue weighted by Crippen LogP contribution is -2.45. The zero-order chi connectivity index (χ0) is 18.4. The molecule has 0 radical (unpaired) electrons. The lowest BCUT2D eigenvalue weighted by Gasteiger charge is -2.46. The molecule has 0 amide bonds. The van der Waals surface area contributed by atoms with Crippen LogP contribution in [0.15, 0.2) is 11.6 Å². The Morgan fingerprint density at radius 3 is 2.64 bits per heavy atom. The van der Waals surface area contributed by atoms with Gasteiger partial charge in [-0.25, -0.2) is 8.78 Å². The zero-order valence-corrected chi connectivity index (χ0v) is 15.6. The molecule has 2 aliphatic rings. The van der Waals surface area contributed by atoms with E-state index < -0.39 is 23.0 Å². The molecule has 0 fully saturated rings. The predicted octanol–water partition coefficient (Wildman–Crippen LogP) is 6.01. The van der Waals surface area contributed by atoms with Crippen LogP contribution in [0.4, 0.5) is 8.78 Å². The summed E-state index contributed by atoms with van der Waals surface area (Å²) in [7, 11) is 0. The number of allylic oxidation sites excluding steroid dienone is 2. The van der Waals surface area contributed by atoms with E-state index in [0.29, 0.717) is 6.42 Å². The standard InChI is InChI=1S/C21H28F2O2/c1-5-6-7-8-13-17(22)19(24)16-14-11-12(2)9-10-15(14)21(3,4)25-20(16)18(13)23/h11,14-15,24H,5-10H2,1-4H3/t14-,15-/m1/s1. The monoisotopic (exact) mass is 350 g/mol. The van der Waals surface area contributed by atoms with Gasteiger partial charge in [-0.2, -0.15) is 0 Å². The van der Waals surface area contributed by atoms with E-state index in [-0.39, 0.29) is 35.1 Å². The molecule has 0 saturated carbocycles. The lowest BCUT2D eigenvalue weighted by molar-refractivity contribution is 0.00628. The first-order chi connectivity index (χ1) is 11.8. The number of unbranched alkanes of at least 4 members (excludes halogenated alkanes) is 2. The summed E-state index contributed by atoms with van der Waals surface area (Å²) in [6, 6.07) is 0. The maximum Gasteiger partial charge on any atom is 0.171 e. The van der Waals surface area contributed by atoms with Gasteiger partial charge in [0.25, 0.3) is 0 Å². The number of benzene rings is 1. The third-order valence-electron chi connectivity index (χ3n) is 5.81. The number of phenolic OH excluding ortho intramolecular Hbond substituents is 1. The number of ether oxygens (including phenoxy) is 1. The molecule has 2 nitrogen and oxygen atoms in total. The van der Waals surface area contributed by atoms with Crippen LogP contribution in [0.1, 0.15) is 76.8 Å². The second kappa shape index (κ2) is 6.62. The molecule has 138 valence electrons. The van der Waals surface area contributed by atoms with Crippen molar-refractivity contribution >= 4 is 0 Å². The Morgan fingerprint density at radius 1 is 1.24 bits per heavy atom. The van der Waals surface area contributed by atoms with Crippen molar-refractivity contribution in [1.29, 1.82) is 0 Å². The predicted molar refractivity (Wildman–Crippen MR) is 95.2 cm³/mol. The fraction of sp³-hybridized carbons (Fsp3) is 0.619. The molecule has 3 rings (SSSR count). The van der Waals surface area contributed by atoms with Crippen LogP contribution in [0, 0.1) is 17.6 Å². The van der Waals surface area contributed by atoms with Crippen molar-refractivity contribution in [2.75, 3.05) is 0 Å². The molecule has 0 unspecified atom stereocenters. The third kappa shape index (κ3) is 3.04. The summed E-state index contributed by atoms with van der Waals surface area (Å²) in [5.41, 5.74) is 0.880. The molecular weight excluding hydrogens is 322 g/mol. The van der Waals surface area contributed by atoms with Gasteiger partial charge in [-0.15, -0.1) is 0 Å². The van der Waals surface area contributed by atoms with Gasteiger partial charge >= 0.3 is 0 Å². The minimum atomic E-state index is -0.814. The highest BCUT2D eigenvalue weighted by Crippen LogP contribution is 2.55. The highest BCUT2D eigenvalue weighted by atomic mass is 19.1. The smallest absolute Gasteiger partial charge is 0.171 e. The van der Waals surface area contributed by atoms with Crippen LogP contribution in [-0.4, -0.2) is 10.7 Å². The van der Waals surface area contributed by atoms with Crippen molar-refractivity contribution in [3.05, 3.63) is 34.4 Å². The summed E-state index contributed by atoms with van der Waals surface area (Å²) in [6.45, 7) is 7.99. The Kier molecular flexibility index (Phi) is 4.82. The number of halogens is 2. The Bertz CT molecular complexity index is 707. The summed E-state index contributed by atoms with van der Waals surface area (Å²) in [5, 5.41) is 10.5. The first kappa shape index (κ1) is 18.2. The number of fused-ring (bicyclic) bond motifs is 3. The Morgan fingerprint density at radius 2 is 1.96 bits per heavy atom. The minimum Gasteiger partial charge on any atom is -0.505 e. The van der Waals surface area contributed by atoms with Crippen molar-refractivity contribution in [2.45, 2.75) is 77.7 Å². The number of hydrogen-bond donors (Lipinski definition) is 1. The van der Waals surface area contributed by atoms with Gasteiger partial charge in [0.15, 0.2) is 23.1 Å². The molecule has 1 N–H and O–H groups in total. The van der Waals surface area contributed by atoms with E-state index in [4.69, 9.17) is 4.74 Å². The van der Waals surface area contributed by atoms with Crippen LogP contribution in [0.5, 0.6) is 11.5 Å². The highest BCUT2D eigenvalue weighted by Gasteiger charge is 2.47. The SMILES string of the molecule is CCCCCc1c(F)c(O)c2c(c1F)OC(C)(C)[C@@H]1CCC(C)=C[C@@H]21. The molecule has 1 aromatic carbocycles. The molecule has 25 heavy (non-hydrogen) atoms. The first-order valence-corrected chi connectivity index (χ1v) is 9.36. The van der Waals surface area contributed by atoms with Crippen molar-refractivity contribution in [2.24, 2.45) is 5.92 Å². The average molecular weight is 350 g/mol. The Hall–Kier alpha value is -1.58. The van der Waals surface area contributed by atoms with Gasteiger partial charge in [0.2, 0.25) is 0 Å². The summed E-state index contributed by atoms with van der Waals surface area (Å²) >= 11 is 0. The molecule has 4 heteroatoms. The van der Waals surface area contributed by atoms with Crippen LogP contribution in [0.25, 0.3) is 0 Å². The maximum absolute atomic E-state index is 15.1. The van der Waals surface area contributed by atoms with Gasteiger partial charge < -0.3 is 9.84 Å². The summed E-state index contributed by atoms with van der Waals surface area (Å²) < 4.78 is 35.9. The summed E-state index contributed by atoms with van der Waals surface area (Å²) in [4.78, 5) is 0. The second-order valence-electron chi connectivity index (χ2n) is 8.04. The normalized spacial score (nSPS) is 24.2. The summed E-state index contributed by atoms with van der Waals surface area (Å²) in [6.07, 6.45) is 6.72. The maximum atomic E-state index is 15.1. The van der Waals surface area contributed by atoms with E-state index in [1.807, 2.05) is 33.8 Å². The van der Waals surface area contributed by atoms with Crippen LogP contribution in [0.3, 0.4) is 0 Å². The molecule has 1 aliphatic carbocycles. The first-order valence-electron chi connectivity index (χ1n) is 9.36. The Balaban J connectivity index is 2.14. The molecule has 2 atom stereocenters. The Labute approximate surface area is 148 Å². The van der Waals surface area contributed by atoms with E-state index >= 15 is 4.39 Å². The molecule has 0 spiro atoms. The van der Waals surface area contributed by atoms with Gasteiger partial charge in [0, 0.05) is 23.0 Å². The largest absolute Gasteiger partial charge is 0.505 e. The van der Waals surface area contributed by atoms with Crippen LogP contribution >= 0.6 is 0 Å². The topological polar surface area (TPSA) is 29.5 Å². The van der Waals surface area contributed by atoms with E-state index in [0.717, 1.165) is 25.7 Å². The van der Waals surface area contributed by atoms with Gasteiger partial charge in [0.05, 0.1) is 0 Å². The van der Waals surface area contributed by atoms with Crippen LogP contribution in [0.2, 0.25) is 0 Å². The van der Waals surface area contributed by atoms with E-state index in [2.05, 4.69) is 0 Å². The van der Waals surface area contributed by atoms with Crippen molar-refractivity contribution < 1.29 is 18.6 Å². The molecule has 1 aromatic rings. The molecule has 0 aromatic heterocycles. The zero-order valence-electron chi connectivity index (χ0n) is 15.6. The number of rotatable bonds is 4. The molecule has 0 saturated heterocycles. The molecular formula is C21H28F2O2. The van der Waals surface area contributed by atoms with E-state index in [1.54, 1.807) is 0 Å². The van der Waals surface area contributed by atoms with E-state index in [9.17, 15) is 9.50 Å². The van der Waals surface area contributed by atoms with Crippen molar-refractivity contribution in [3.63, 3.8) is 0 Å². The number of phenols is 1. The van der Waals surface area contributed by atoms with Crippen LogP contribution < -0.4 is 4.74 Å². The molecule has 0 bridgehead atoms. The van der Waals surface area contributed by atoms with Crippen LogP contribution in [-0.2, 0) is 6.42 Å². The minimum absolute atomic E-state index is 0.0441. The quantitative estimate of drug-likeness (QED) is 0.532. The average Bonchev–Trinajstić information content (AvgIpc) is 2.55. The highest BCUT2D eigenvalue weighted by molar-refractivity contribution is 5.55. The number of hydrogen-bond acceptors (Lipinski definition) is 2. The van der Waals surface area contributed by atoms with Gasteiger partial charge in [-0.3, -0.25) is 0 Å². The van der Waals surface area contributed by atoms with Gasteiger partial charge in [-0.1, -0.05) is 31.4 Å². The lowest BCUT2D eigenvalue weighted by atomic mass is 9.68. The molecule has 1 aliphatic heterocycles. The van der Waals surface area contributed by atoms with Gasteiger partial charge in [0.1, 0.15) is 5.60 Å². The fourth-order valence-electron chi connectivity index (χ4n) is 4.37. The van der Waals surface area contributed by atoms with Crippen molar-refractivity contribution in [3.8, 4) is 11.5 Å². The third-order valence-corrected chi connectivity index (χ3v) is 5.81.